The predicted octanol–water partition coefficient (Wildman–Crippen LogP) is 1.68. The molecule has 2 rings (SSSR count). The lowest BCUT2D eigenvalue weighted by Crippen LogP contribution is -2.13. The summed E-state index contributed by atoms with van der Waals surface area (Å²) in [6.45, 7) is 0. The van der Waals surface area contributed by atoms with Crippen LogP contribution in [0.15, 0.2) is 48.5 Å². The summed E-state index contributed by atoms with van der Waals surface area (Å²) in [7, 11) is 0. The Kier molecular flexibility index (Phi) is 3.47. The number of carbonyl (C=O) groups excluding carboxylic acids is 1. The summed E-state index contributed by atoms with van der Waals surface area (Å²) < 4.78 is 5.01. The first-order chi connectivity index (χ1) is 9.08. The molecule has 96 valence electrons. The van der Waals surface area contributed by atoms with Gasteiger partial charge in [-0.15, -0.1) is 5.75 Å². The third-order valence-electron chi connectivity index (χ3n) is 2.41. The first-order valence-electron chi connectivity index (χ1n) is 5.39. The van der Waals surface area contributed by atoms with Crippen LogP contribution in [0.3, 0.4) is 0 Å². The van der Waals surface area contributed by atoms with Crippen molar-refractivity contribution in [1.82, 2.24) is 0 Å². The maximum Gasteiger partial charge on any atom is 0.344 e. The monoisotopic (exact) mass is 257 g/mol. The number of benzene rings is 2. The topological polar surface area (TPSA) is 86.7 Å². The van der Waals surface area contributed by atoms with E-state index in [0.717, 1.165) is 0 Å². The molecule has 0 saturated heterocycles. The Morgan fingerprint density at radius 2 is 1.53 bits per heavy atom. The van der Waals surface area contributed by atoms with Crippen molar-refractivity contribution in [2.24, 2.45) is 0 Å². The molecule has 2 aromatic carbocycles. The minimum Gasteiger partial charge on any atom is -0.872 e. The van der Waals surface area contributed by atoms with Crippen molar-refractivity contribution in [3.63, 3.8) is 0 Å². The smallest absolute Gasteiger partial charge is 0.344 e. The van der Waals surface area contributed by atoms with Crippen LogP contribution < -0.4 is 9.84 Å². The van der Waals surface area contributed by atoms with Crippen LogP contribution in [0.25, 0.3) is 0 Å². The van der Waals surface area contributed by atoms with Crippen LogP contribution in [0.1, 0.15) is 20.7 Å². The Labute approximate surface area is 108 Å². The summed E-state index contributed by atoms with van der Waals surface area (Å²) >= 11 is 0. The minimum atomic E-state index is -1.21. The number of hydrogen-bond acceptors (Lipinski definition) is 4. The molecule has 5 heteroatoms. The second-order valence-electron chi connectivity index (χ2n) is 3.71. The molecular formula is C14H9O5-. The number of ether oxygens (including phenoxy) is 1. The molecule has 0 heterocycles. The highest BCUT2D eigenvalue weighted by Crippen LogP contribution is 2.17. The van der Waals surface area contributed by atoms with Crippen molar-refractivity contribution in [3.8, 4) is 11.5 Å². The van der Waals surface area contributed by atoms with Crippen molar-refractivity contribution < 1.29 is 24.5 Å². The Balaban J connectivity index is 2.25. The summed E-state index contributed by atoms with van der Waals surface area (Å²) in [6, 6.07) is 11.0. The molecular weight excluding hydrogens is 248 g/mol. The van der Waals surface area contributed by atoms with Gasteiger partial charge >= 0.3 is 11.9 Å². The zero-order chi connectivity index (χ0) is 13.8. The summed E-state index contributed by atoms with van der Waals surface area (Å²) in [5, 5.41) is 19.9. The summed E-state index contributed by atoms with van der Waals surface area (Å²) in [5.41, 5.74) is -0.172. The first-order valence-corrected chi connectivity index (χ1v) is 5.39. The molecule has 0 unspecified atom stereocenters. The zero-order valence-corrected chi connectivity index (χ0v) is 9.70. The van der Waals surface area contributed by atoms with Gasteiger partial charge in [0.25, 0.3) is 0 Å². The van der Waals surface area contributed by atoms with Crippen LogP contribution in [0, 0.1) is 0 Å². The van der Waals surface area contributed by atoms with Gasteiger partial charge in [0.05, 0.1) is 11.1 Å². The van der Waals surface area contributed by atoms with Gasteiger partial charge in [-0.25, -0.2) is 9.59 Å². The zero-order valence-electron chi connectivity index (χ0n) is 9.70. The highest BCUT2D eigenvalue weighted by atomic mass is 16.5. The number of hydrogen-bond donors (Lipinski definition) is 1. The number of aromatic carboxylic acids is 1. The van der Waals surface area contributed by atoms with E-state index in [9.17, 15) is 14.7 Å². The van der Waals surface area contributed by atoms with E-state index in [2.05, 4.69) is 0 Å². The van der Waals surface area contributed by atoms with Gasteiger partial charge in [-0.3, -0.25) is 0 Å². The summed E-state index contributed by atoms with van der Waals surface area (Å²) in [6.07, 6.45) is 0. The number of carboxylic acids is 1. The van der Waals surface area contributed by atoms with Crippen LogP contribution >= 0.6 is 0 Å². The van der Waals surface area contributed by atoms with Gasteiger partial charge in [-0.05, 0) is 24.3 Å². The molecule has 0 radical (unpaired) electrons. The van der Waals surface area contributed by atoms with Gasteiger partial charge in [0.2, 0.25) is 0 Å². The van der Waals surface area contributed by atoms with Crippen molar-refractivity contribution in [2.45, 2.75) is 0 Å². The molecule has 0 amide bonds. The number of carbonyl (C=O) groups is 2. The maximum atomic E-state index is 11.9. The lowest BCUT2D eigenvalue weighted by molar-refractivity contribution is -0.268. The van der Waals surface area contributed by atoms with E-state index in [1.807, 2.05) is 0 Å². The number of carboxylic acid groups (broad SMARTS) is 1. The fraction of sp³-hybridized carbons (Fsp3) is 0. The van der Waals surface area contributed by atoms with Crippen LogP contribution in [-0.2, 0) is 0 Å². The Bertz CT molecular complexity index is 616. The molecule has 0 fully saturated rings. The molecule has 19 heavy (non-hydrogen) atoms. The molecule has 2 aromatic rings. The summed E-state index contributed by atoms with van der Waals surface area (Å²) in [4.78, 5) is 22.8. The highest BCUT2D eigenvalue weighted by Gasteiger charge is 2.17. The maximum absolute atomic E-state index is 11.9. The van der Waals surface area contributed by atoms with Gasteiger partial charge in [0.1, 0.15) is 5.75 Å². The molecule has 0 bridgehead atoms. The van der Waals surface area contributed by atoms with Gasteiger partial charge in [-0.1, -0.05) is 24.3 Å². The number of rotatable bonds is 3. The summed E-state index contributed by atoms with van der Waals surface area (Å²) in [5.74, 6) is -2.00. The molecule has 0 aromatic heterocycles. The molecule has 1 N–H and O–H groups in total. The Hall–Kier alpha value is -2.82. The normalized spacial score (nSPS) is 9.89. The minimum absolute atomic E-state index is 0.0406. The molecule has 5 nitrogen and oxygen atoms in total. The number of esters is 1. The van der Waals surface area contributed by atoms with Crippen molar-refractivity contribution in [2.75, 3.05) is 0 Å². The van der Waals surface area contributed by atoms with Gasteiger partial charge in [0, 0.05) is 0 Å². The van der Waals surface area contributed by atoms with Crippen molar-refractivity contribution >= 4 is 11.9 Å². The molecule has 0 aliphatic heterocycles. The van der Waals surface area contributed by atoms with Crippen molar-refractivity contribution in [1.29, 1.82) is 0 Å². The van der Waals surface area contributed by atoms with Crippen LogP contribution in [0.2, 0.25) is 0 Å². The first kappa shape index (κ1) is 12.6. The largest absolute Gasteiger partial charge is 0.872 e. The quantitative estimate of drug-likeness (QED) is 0.667. The average molecular weight is 257 g/mol. The van der Waals surface area contributed by atoms with Crippen LogP contribution in [0.4, 0.5) is 0 Å². The Morgan fingerprint density at radius 3 is 2.11 bits per heavy atom. The second kappa shape index (κ2) is 5.22. The molecule has 0 aliphatic carbocycles. The lowest BCUT2D eigenvalue weighted by Gasteiger charge is -2.08. The van der Waals surface area contributed by atoms with Crippen LogP contribution in [-0.4, -0.2) is 17.0 Å². The van der Waals surface area contributed by atoms with E-state index >= 15 is 0 Å². The molecule has 0 aliphatic rings. The standard InChI is InChI=1S/C14H10O5/c15-9-5-7-10(8-6-9)19-14(18)12-4-2-1-3-11(12)13(16)17/h1-8,15H,(H,16,17)/p-1. The van der Waals surface area contributed by atoms with E-state index in [1.54, 1.807) is 6.07 Å². The van der Waals surface area contributed by atoms with Crippen molar-refractivity contribution in [3.05, 3.63) is 59.7 Å². The average Bonchev–Trinajstić information content (AvgIpc) is 2.41. The van der Waals surface area contributed by atoms with Gasteiger partial charge in [-0.2, -0.15) is 0 Å². The SMILES string of the molecule is O=C(O)c1ccccc1C(=O)Oc1ccc([O-])cc1. The van der Waals surface area contributed by atoms with Gasteiger partial charge in [0.15, 0.2) is 0 Å². The van der Waals surface area contributed by atoms with E-state index < -0.39 is 11.9 Å². The fourth-order valence-corrected chi connectivity index (χ4v) is 1.52. The molecule has 0 saturated carbocycles. The molecule has 0 spiro atoms. The second-order valence-corrected chi connectivity index (χ2v) is 3.71. The lowest BCUT2D eigenvalue weighted by atomic mass is 10.1. The van der Waals surface area contributed by atoms with E-state index in [-0.39, 0.29) is 22.6 Å². The fourth-order valence-electron chi connectivity index (χ4n) is 1.52. The van der Waals surface area contributed by atoms with E-state index in [1.165, 1.54) is 42.5 Å². The third-order valence-corrected chi connectivity index (χ3v) is 2.41. The highest BCUT2D eigenvalue weighted by molar-refractivity contribution is 6.03. The third kappa shape index (κ3) is 2.90. The van der Waals surface area contributed by atoms with Gasteiger partial charge < -0.3 is 14.9 Å². The van der Waals surface area contributed by atoms with Crippen LogP contribution in [0.5, 0.6) is 11.5 Å². The Morgan fingerprint density at radius 1 is 0.947 bits per heavy atom. The molecule has 0 atom stereocenters. The van der Waals surface area contributed by atoms with E-state index in [4.69, 9.17) is 9.84 Å². The predicted molar refractivity (Wildman–Crippen MR) is 64.2 cm³/mol. The van der Waals surface area contributed by atoms with E-state index in [0.29, 0.717) is 0 Å².